The van der Waals surface area contributed by atoms with Crippen molar-refractivity contribution in [1.82, 2.24) is 19.4 Å². The lowest BCUT2D eigenvalue weighted by Gasteiger charge is -2.31. The summed E-state index contributed by atoms with van der Waals surface area (Å²) in [7, 11) is 1.66. The zero-order valence-electron chi connectivity index (χ0n) is 19.6. The number of hydrogen-bond donors (Lipinski definition) is 2. The second kappa shape index (κ2) is 10.7. The van der Waals surface area contributed by atoms with Gasteiger partial charge in [0.1, 0.15) is 5.75 Å². The molecule has 0 spiro atoms. The van der Waals surface area contributed by atoms with Gasteiger partial charge in [-0.25, -0.2) is 9.78 Å². The van der Waals surface area contributed by atoms with Crippen molar-refractivity contribution >= 4 is 11.9 Å². The summed E-state index contributed by atoms with van der Waals surface area (Å²) in [6.07, 6.45) is 0.454. The zero-order valence-corrected chi connectivity index (χ0v) is 19.6. The lowest BCUT2D eigenvalue weighted by molar-refractivity contribution is -0.192. The molecule has 188 valence electrons. The van der Waals surface area contributed by atoms with Gasteiger partial charge in [0.25, 0.3) is 5.91 Å². The van der Waals surface area contributed by atoms with Gasteiger partial charge in [0, 0.05) is 54.0 Å². The van der Waals surface area contributed by atoms with E-state index in [1.807, 2.05) is 55.3 Å². The summed E-state index contributed by atoms with van der Waals surface area (Å²) in [4.78, 5) is 31.4. The average molecular weight is 492 g/mol. The molecular formula is C24H27F3N4O4. The first-order valence-corrected chi connectivity index (χ1v) is 10.9. The number of ether oxygens (including phenoxy) is 1. The number of alkyl halides is 3. The number of benzene rings is 1. The van der Waals surface area contributed by atoms with Crippen molar-refractivity contribution in [2.24, 2.45) is 0 Å². The molecule has 11 heteroatoms. The Morgan fingerprint density at radius 3 is 2.37 bits per heavy atom. The molecule has 3 aromatic rings. The van der Waals surface area contributed by atoms with E-state index < -0.39 is 12.1 Å². The van der Waals surface area contributed by atoms with Crippen LogP contribution in [0.2, 0.25) is 0 Å². The van der Waals surface area contributed by atoms with Crippen LogP contribution in [-0.4, -0.2) is 62.8 Å². The van der Waals surface area contributed by atoms with Crippen LogP contribution in [0.4, 0.5) is 13.2 Å². The van der Waals surface area contributed by atoms with E-state index in [0.717, 1.165) is 54.3 Å². The van der Waals surface area contributed by atoms with E-state index in [4.69, 9.17) is 14.6 Å². The third kappa shape index (κ3) is 6.03. The lowest BCUT2D eigenvalue weighted by atomic mass is 9.93. The van der Waals surface area contributed by atoms with Crippen LogP contribution in [0, 0.1) is 13.8 Å². The van der Waals surface area contributed by atoms with Crippen LogP contribution in [-0.2, 0) is 4.79 Å². The number of aliphatic carboxylic acids is 1. The number of carbonyl (C=O) groups is 2. The number of nitrogens with one attached hydrogen (secondary N) is 1. The van der Waals surface area contributed by atoms with Gasteiger partial charge in [-0.2, -0.15) is 13.2 Å². The molecule has 2 N–H and O–H groups in total. The van der Waals surface area contributed by atoms with Crippen LogP contribution >= 0.6 is 0 Å². The van der Waals surface area contributed by atoms with Gasteiger partial charge in [-0.1, -0.05) is 6.07 Å². The number of methoxy groups -OCH3 is 1. The molecule has 4 rings (SSSR count). The molecule has 1 saturated heterocycles. The topological polar surface area (TPSA) is 100 Å². The highest BCUT2D eigenvalue weighted by molar-refractivity contribution is 5.96. The van der Waals surface area contributed by atoms with Crippen molar-refractivity contribution in [2.75, 3.05) is 20.2 Å². The minimum atomic E-state index is -5.08. The van der Waals surface area contributed by atoms with Crippen LogP contribution in [0.25, 0.3) is 5.69 Å². The molecule has 3 heterocycles. The minimum Gasteiger partial charge on any atom is -0.497 e. The van der Waals surface area contributed by atoms with Crippen molar-refractivity contribution < 1.29 is 32.6 Å². The number of carboxylic acid groups (broad SMARTS) is 1. The molecule has 1 aliphatic heterocycles. The highest BCUT2D eigenvalue weighted by atomic mass is 19.4. The van der Waals surface area contributed by atoms with Crippen molar-refractivity contribution in [3.05, 3.63) is 65.5 Å². The second-order valence-electron chi connectivity index (χ2n) is 8.20. The molecule has 1 aromatic carbocycles. The Morgan fingerprint density at radius 1 is 1.17 bits per heavy atom. The molecule has 0 saturated carbocycles. The summed E-state index contributed by atoms with van der Waals surface area (Å²) in [6.45, 7) is 5.58. The summed E-state index contributed by atoms with van der Waals surface area (Å²) in [5, 5.41) is 7.12. The first-order valence-electron chi connectivity index (χ1n) is 10.9. The number of aryl methyl sites for hydroxylation is 1. The number of carboxylic acids is 1. The predicted molar refractivity (Wildman–Crippen MR) is 122 cm³/mol. The van der Waals surface area contributed by atoms with Gasteiger partial charge in [-0.05, 0) is 44.9 Å². The molecule has 1 amide bonds. The number of carbonyl (C=O) groups excluding carboxylic acids is 1. The van der Waals surface area contributed by atoms with Gasteiger partial charge in [0.05, 0.1) is 19.0 Å². The Balaban J connectivity index is 0.000000429. The summed E-state index contributed by atoms with van der Waals surface area (Å²) >= 11 is 0. The highest BCUT2D eigenvalue weighted by Gasteiger charge is 2.38. The molecule has 0 radical (unpaired) electrons. The summed E-state index contributed by atoms with van der Waals surface area (Å²) in [5.74, 6) is -1.38. The summed E-state index contributed by atoms with van der Waals surface area (Å²) in [5.41, 5.74) is 4.96. The molecule has 35 heavy (non-hydrogen) atoms. The maximum Gasteiger partial charge on any atom is 0.490 e. The van der Waals surface area contributed by atoms with Crippen LogP contribution in [0.3, 0.4) is 0 Å². The largest absolute Gasteiger partial charge is 0.497 e. The predicted octanol–water partition coefficient (Wildman–Crippen LogP) is 4.48. The van der Waals surface area contributed by atoms with Crippen LogP contribution in [0.1, 0.15) is 46.2 Å². The number of likely N-dealkylation sites (tertiary alicyclic amines) is 1. The van der Waals surface area contributed by atoms with Gasteiger partial charge >= 0.3 is 12.1 Å². The number of halogens is 3. The van der Waals surface area contributed by atoms with E-state index >= 15 is 0 Å². The molecule has 1 aliphatic rings. The first-order chi connectivity index (χ1) is 16.5. The molecule has 1 fully saturated rings. The fraction of sp³-hybridized carbons (Fsp3) is 0.375. The fourth-order valence-corrected chi connectivity index (χ4v) is 4.18. The third-order valence-corrected chi connectivity index (χ3v) is 5.96. The van der Waals surface area contributed by atoms with Crippen molar-refractivity contribution in [3.8, 4) is 11.4 Å². The van der Waals surface area contributed by atoms with Crippen molar-refractivity contribution in [1.29, 1.82) is 0 Å². The highest BCUT2D eigenvalue weighted by Crippen LogP contribution is 2.29. The molecular weight excluding hydrogens is 465 g/mol. The number of rotatable bonds is 4. The number of H-pyrrole nitrogens is 1. The van der Waals surface area contributed by atoms with Gasteiger partial charge in [0.2, 0.25) is 0 Å². The quantitative estimate of drug-likeness (QED) is 0.560. The Hall–Kier alpha value is -3.76. The lowest BCUT2D eigenvalue weighted by Crippen LogP contribution is -2.38. The fourth-order valence-electron chi connectivity index (χ4n) is 4.18. The summed E-state index contributed by atoms with van der Waals surface area (Å²) in [6, 6.07) is 9.91. The first kappa shape index (κ1) is 25.9. The molecule has 0 atom stereocenters. The third-order valence-electron chi connectivity index (χ3n) is 5.96. The molecule has 0 aliphatic carbocycles. The second-order valence-corrected chi connectivity index (χ2v) is 8.20. The Bertz CT molecular complexity index is 1160. The van der Waals surface area contributed by atoms with Crippen LogP contribution in [0.5, 0.6) is 5.75 Å². The summed E-state index contributed by atoms with van der Waals surface area (Å²) < 4.78 is 39.2. The molecule has 0 bridgehead atoms. The number of piperidine rings is 1. The van der Waals surface area contributed by atoms with Crippen LogP contribution in [0.15, 0.2) is 42.9 Å². The number of amides is 1. The number of imidazole rings is 1. The minimum absolute atomic E-state index is 0.116. The zero-order chi connectivity index (χ0) is 25.8. The van der Waals surface area contributed by atoms with E-state index in [-0.39, 0.29) is 5.91 Å². The van der Waals surface area contributed by atoms with Gasteiger partial charge in [0.15, 0.2) is 0 Å². The number of aromatic nitrogens is 3. The number of aromatic amines is 1. The van der Waals surface area contributed by atoms with Crippen molar-refractivity contribution in [2.45, 2.75) is 38.8 Å². The van der Waals surface area contributed by atoms with E-state index in [9.17, 15) is 18.0 Å². The van der Waals surface area contributed by atoms with E-state index in [0.29, 0.717) is 5.92 Å². The maximum absolute atomic E-state index is 13.2. The van der Waals surface area contributed by atoms with E-state index in [2.05, 4.69) is 14.5 Å². The SMILES string of the molecule is COc1cccc(-n2c(C)cc(C(=O)N3CCC(c4cnc[nH]4)CC3)c2C)c1.O=C(O)C(F)(F)F. The molecule has 0 unspecified atom stereocenters. The molecule has 2 aromatic heterocycles. The maximum atomic E-state index is 13.2. The van der Waals surface area contributed by atoms with Gasteiger partial charge < -0.3 is 24.3 Å². The van der Waals surface area contributed by atoms with Gasteiger partial charge in [-0.15, -0.1) is 0 Å². The standard InChI is InChI=1S/C22H26N4O2.C2HF3O2/c1-15-11-20(16(2)26(15)18-5-4-6-19(12-18)28-3)22(27)25-9-7-17(8-10-25)21-13-23-14-24-21;3-2(4,5)1(6)7/h4-6,11-14,17H,7-10H2,1-3H3,(H,23,24);(H,6,7). The van der Waals surface area contributed by atoms with E-state index in [1.54, 1.807) is 13.4 Å². The Morgan fingerprint density at radius 2 is 1.83 bits per heavy atom. The Labute approximate surface area is 200 Å². The smallest absolute Gasteiger partial charge is 0.490 e. The van der Waals surface area contributed by atoms with E-state index in [1.165, 1.54) is 5.69 Å². The number of nitrogens with zero attached hydrogens (tertiary/aromatic N) is 3. The number of hydrogen-bond acceptors (Lipinski definition) is 4. The van der Waals surface area contributed by atoms with Crippen molar-refractivity contribution in [3.63, 3.8) is 0 Å². The molecule has 8 nitrogen and oxygen atoms in total. The Kier molecular flexibility index (Phi) is 7.88. The van der Waals surface area contributed by atoms with Crippen LogP contribution < -0.4 is 4.74 Å². The average Bonchev–Trinajstić information content (AvgIpc) is 3.46. The normalized spacial score (nSPS) is 14.3. The van der Waals surface area contributed by atoms with Gasteiger partial charge in [-0.3, -0.25) is 4.79 Å². The monoisotopic (exact) mass is 492 g/mol.